The van der Waals surface area contributed by atoms with Crippen molar-refractivity contribution in [3.05, 3.63) is 50.0 Å². The van der Waals surface area contributed by atoms with Crippen molar-refractivity contribution in [2.45, 2.75) is 26.3 Å². The Kier molecular flexibility index (Phi) is 5.28. The van der Waals surface area contributed by atoms with Crippen LogP contribution in [0.15, 0.2) is 24.4 Å². The van der Waals surface area contributed by atoms with Crippen LogP contribution >= 0.6 is 11.3 Å². The number of nitrogens with zero attached hydrogens (tertiary/aromatic N) is 2. The van der Waals surface area contributed by atoms with Crippen LogP contribution in [-0.4, -0.2) is 23.0 Å². The average molecular weight is 335 g/mol. The average Bonchev–Trinajstić information content (AvgIpc) is 3.03. The Bertz CT molecular complexity index is 729. The maximum absolute atomic E-state index is 11.7. The first kappa shape index (κ1) is 16.9. The Balaban J connectivity index is 2.26. The van der Waals surface area contributed by atoms with Crippen LogP contribution in [0.5, 0.6) is 0 Å². The highest BCUT2D eigenvalue weighted by Crippen LogP contribution is 2.27. The molecule has 8 heteroatoms. The van der Waals surface area contributed by atoms with Crippen LogP contribution < -0.4 is 5.32 Å². The number of nitro groups is 1. The summed E-state index contributed by atoms with van der Waals surface area (Å²) < 4.78 is 4.61. The van der Waals surface area contributed by atoms with Crippen LogP contribution in [0.1, 0.15) is 40.1 Å². The smallest absolute Gasteiger partial charge is 0.344 e. The monoisotopic (exact) mass is 335 g/mol. The Morgan fingerprint density at radius 3 is 2.83 bits per heavy atom. The van der Waals surface area contributed by atoms with Crippen molar-refractivity contribution >= 4 is 28.7 Å². The molecule has 0 saturated heterocycles. The van der Waals surface area contributed by atoms with E-state index in [0.717, 1.165) is 11.4 Å². The van der Waals surface area contributed by atoms with Crippen molar-refractivity contribution in [2.75, 3.05) is 12.4 Å². The Labute approximate surface area is 137 Å². The second-order valence-electron chi connectivity index (χ2n) is 4.87. The standard InChI is InChI=1S/C15H17N3O4S/c1-4-11-8-16-14(23-11)9(2)17-10-5-6-13(18(20)21)12(7-10)15(19)22-3/h5-9,17H,4H2,1-3H3. The SMILES string of the molecule is CCc1cnc(C(C)Nc2ccc([N+](=O)[O-])c(C(=O)OC)c2)s1. The summed E-state index contributed by atoms with van der Waals surface area (Å²) in [6.07, 6.45) is 2.77. The molecule has 7 nitrogen and oxygen atoms in total. The van der Waals surface area contributed by atoms with Gasteiger partial charge >= 0.3 is 5.97 Å². The lowest BCUT2D eigenvalue weighted by atomic mass is 10.1. The van der Waals surface area contributed by atoms with Gasteiger partial charge in [-0.1, -0.05) is 6.92 Å². The van der Waals surface area contributed by atoms with Crippen molar-refractivity contribution in [2.24, 2.45) is 0 Å². The van der Waals surface area contributed by atoms with Gasteiger partial charge in [0.25, 0.3) is 5.69 Å². The predicted molar refractivity (Wildman–Crippen MR) is 88.0 cm³/mol. The largest absolute Gasteiger partial charge is 0.465 e. The minimum Gasteiger partial charge on any atom is -0.465 e. The first-order valence-electron chi connectivity index (χ1n) is 7.04. The lowest BCUT2D eigenvalue weighted by Crippen LogP contribution is -2.09. The first-order valence-corrected chi connectivity index (χ1v) is 7.85. The Morgan fingerprint density at radius 2 is 2.26 bits per heavy atom. The molecule has 2 aromatic rings. The molecule has 1 atom stereocenters. The molecule has 23 heavy (non-hydrogen) atoms. The molecule has 0 radical (unpaired) electrons. The third-order valence-corrected chi connectivity index (χ3v) is 4.60. The lowest BCUT2D eigenvalue weighted by Gasteiger charge is -2.13. The number of hydrogen-bond acceptors (Lipinski definition) is 7. The Morgan fingerprint density at radius 1 is 1.52 bits per heavy atom. The minimum absolute atomic E-state index is 0.0766. The van der Waals surface area contributed by atoms with Gasteiger partial charge in [-0.15, -0.1) is 11.3 Å². The number of benzene rings is 1. The molecule has 0 aliphatic heterocycles. The van der Waals surface area contributed by atoms with E-state index in [2.05, 4.69) is 22.0 Å². The zero-order chi connectivity index (χ0) is 17.0. The summed E-state index contributed by atoms with van der Waals surface area (Å²) in [7, 11) is 1.19. The lowest BCUT2D eigenvalue weighted by molar-refractivity contribution is -0.385. The van der Waals surface area contributed by atoms with Crippen LogP contribution in [-0.2, 0) is 11.2 Å². The van der Waals surface area contributed by atoms with E-state index in [1.54, 1.807) is 17.4 Å². The molecule has 2 rings (SSSR count). The van der Waals surface area contributed by atoms with Crippen molar-refractivity contribution in [1.82, 2.24) is 4.98 Å². The molecule has 1 heterocycles. The first-order chi connectivity index (χ1) is 11.0. The number of aromatic nitrogens is 1. The topological polar surface area (TPSA) is 94.4 Å². The van der Waals surface area contributed by atoms with Crippen molar-refractivity contribution in [3.63, 3.8) is 0 Å². The highest BCUT2D eigenvalue weighted by molar-refractivity contribution is 7.11. The van der Waals surface area contributed by atoms with E-state index in [4.69, 9.17) is 0 Å². The number of rotatable bonds is 6. The number of hydrogen-bond donors (Lipinski definition) is 1. The van der Waals surface area contributed by atoms with E-state index in [0.29, 0.717) is 5.69 Å². The fourth-order valence-corrected chi connectivity index (χ4v) is 2.92. The van der Waals surface area contributed by atoms with Gasteiger partial charge in [0.05, 0.1) is 18.1 Å². The molecule has 0 fully saturated rings. The van der Waals surface area contributed by atoms with Crippen LogP contribution in [0.2, 0.25) is 0 Å². The summed E-state index contributed by atoms with van der Waals surface area (Å²) in [6.45, 7) is 4.01. The van der Waals surface area contributed by atoms with E-state index in [1.807, 2.05) is 13.1 Å². The van der Waals surface area contributed by atoms with Gasteiger partial charge in [-0.2, -0.15) is 0 Å². The van der Waals surface area contributed by atoms with E-state index in [-0.39, 0.29) is 17.3 Å². The fourth-order valence-electron chi connectivity index (χ4n) is 2.06. The molecule has 0 spiro atoms. The maximum atomic E-state index is 11.7. The van der Waals surface area contributed by atoms with Crippen molar-refractivity contribution in [1.29, 1.82) is 0 Å². The number of methoxy groups -OCH3 is 1. The number of nitrogens with one attached hydrogen (secondary N) is 1. The van der Waals surface area contributed by atoms with Crippen LogP contribution in [0.25, 0.3) is 0 Å². The summed E-state index contributed by atoms with van der Waals surface area (Å²) in [5.74, 6) is -0.740. The van der Waals surface area contributed by atoms with E-state index < -0.39 is 10.9 Å². The number of ether oxygens (including phenoxy) is 1. The Hall–Kier alpha value is -2.48. The van der Waals surface area contributed by atoms with E-state index in [9.17, 15) is 14.9 Å². The van der Waals surface area contributed by atoms with Gasteiger partial charge in [-0.05, 0) is 25.5 Å². The maximum Gasteiger partial charge on any atom is 0.344 e. The van der Waals surface area contributed by atoms with Gasteiger partial charge in [0, 0.05) is 22.8 Å². The third-order valence-electron chi connectivity index (χ3n) is 3.27. The van der Waals surface area contributed by atoms with Crippen LogP contribution in [0, 0.1) is 10.1 Å². The van der Waals surface area contributed by atoms with E-state index >= 15 is 0 Å². The van der Waals surface area contributed by atoms with Gasteiger partial charge in [0.15, 0.2) is 0 Å². The summed E-state index contributed by atoms with van der Waals surface area (Å²) in [5.41, 5.74) is 0.234. The summed E-state index contributed by atoms with van der Waals surface area (Å²) in [4.78, 5) is 27.7. The number of thiazole rings is 1. The fraction of sp³-hybridized carbons (Fsp3) is 0.333. The number of anilines is 1. The van der Waals surface area contributed by atoms with Gasteiger partial charge in [-0.3, -0.25) is 10.1 Å². The molecular formula is C15H17N3O4S. The molecule has 0 amide bonds. The van der Waals surface area contributed by atoms with Crippen LogP contribution in [0.3, 0.4) is 0 Å². The predicted octanol–water partition coefficient (Wildman–Crippen LogP) is 3.57. The number of esters is 1. The highest BCUT2D eigenvalue weighted by atomic mass is 32.1. The zero-order valence-electron chi connectivity index (χ0n) is 13.0. The zero-order valence-corrected chi connectivity index (χ0v) is 13.8. The summed E-state index contributed by atoms with van der Waals surface area (Å²) in [6, 6.07) is 4.21. The molecule has 0 aliphatic carbocycles. The number of carbonyl (C=O) groups is 1. The van der Waals surface area contributed by atoms with Gasteiger partial charge in [-0.25, -0.2) is 9.78 Å². The third kappa shape index (κ3) is 3.84. The van der Waals surface area contributed by atoms with Crippen LogP contribution in [0.4, 0.5) is 11.4 Å². The van der Waals surface area contributed by atoms with Crippen molar-refractivity contribution < 1.29 is 14.5 Å². The second kappa shape index (κ2) is 7.19. The molecule has 1 unspecified atom stereocenters. The molecule has 122 valence electrons. The normalized spacial score (nSPS) is 11.8. The molecule has 1 N–H and O–H groups in total. The highest BCUT2D eigenvalue weighted by Gasteiger charge is 2.22. The number of nitro benzene ring substituents is 1. The molecule has 1 aromatic carbocycles. The van der Waals surface area contributed by atoms with E-state index in [1.165, 1.54) is 24.1 Å². The summed E-state index contributed by atoms with van der Waals surface area (Å²) in [5, 5.41) is 15.1. The van der Waals surface area contributed by atoms with Gasteiger partial charge < -0.3 is 10.1 Å². The summed E-state index contributed by atoms with van der Waals surface area (Å²) >= 11 is 1.61. The second-order valence-corrected chi connectivity index (χ2v) is 6.01. The van der Waals surface area contributed by atoms with Crippen molar-refractivity contribution in [3.8, 4) is 0 Å². The molecule has 0 aliphatic rings. The molecule has 0 saturated carbocycles. The number of carbonyl (C=O) groups excluding carboxylic acids is 1. The number of aryl methyl sites for hydroxylation is 1. The minimum atomic E-state index is -0.740. The molecule has 0 bridgehead atoms. The van der Waals surface area contributed by atoms with Gasteiger partial charge in [0.2, 0.25) is 0 Å². The van der Waals surface area contributed by atoms with Gasteiger partial charge in [0.1, 0.15) is 10.6 Å². The molecule has 1 aromatic heterocycles. The quantitative estimate of drug-likeness (QED) is 0.492. The molecular weight excluding hydrogens is 318 g/mol.